The lowest BCUT2D eigenvalue weighted by molar-refractivity contribution is -0.167. The number of hydrogen-bond donors (Lipinski definition) is 0. The third kappa shape index (κ3) is 65.9. The summed E-state index contributed by atoms with van der Waals surface area (Å²) in [5, 5.41) is 0. The lowest BCUT2D eigenvalue weighted by Crippen LogP contribution is -2.30. The van der Waals surface area contributed by atoms with Crippen LogP contribution >= 0.6 is 0 Å². The molecule has 0 amide bonds. The molecule has 0 fully saturated rings. The number of carbonyl (C=O) groups excluding carboxylic acids is 3. The molecule has 0 radical (unpaired) electrons. The monoisotopic (exact) mass is 1120 g/mol. The molecular weight excluding hydrogens is 985 g/mol. The zero-order valence-electron chi connectivity index (χ0n) is 53.6. The van der Waals surface area contributed by atoms with Crippen LogP contribution < -0.4 is 0 Å². The van der Waals surface area contributed by atoms with Gasteiger partial charge in [-0.15, -0.1) is 0 Å². The van der Waals surface area contributed by atoms with Crippen molar-refractivity contribution in [3.05, 3.63) is 60.8 Å². The summed E-state index contributed by atoms with van der Waals surface area (Å²) in [5.74, 6) is -0.865. The van der Waals surface area contributed by atoms with Gasteiger partial charge in [0.1, 0.15) is 13.2 Å². The average Bonchev–Trinajstić information content (AvgIpc) is 3.46. The minimum Gasteiger partial charge on any atom is -0.462 e. The minimum atomic E-state index is -0.779. The molecule has 0 spiro atoms. The molecule has 0 aromatic rings. The second kappa shape index (κ2) is 68.6. The van der Waals surface area contributed by atoms with Gasteiger partial charge in [-0.25, -0.2) is 0 Å². The first-order chi connectivity index (χ1) is 39.5. The summed E-state index contributed by atoms with van der Waals surface area (Å²) in [7, 11) is 0. The standard InChI is InChI=1S/C74H134O6/c1-4-7-10-13-16-19-22-25-28-31-32-33-34-35-36-37-38-39-40-41-42-44-46-49-52-55-58-61-64-67-73(76)79-70-71(69-78-72(75)66-63-60-57-54-51-48-45-30-27-24-21-18-15-12-9-6-3)80-74(77)68-65-62-59-56-53-50-47-43-29-26-23-20-17-14-11-8-5-2/h21-22,24-25,30-32,34-35,45,71H,4-20,23,26-29,33,36-44,46-70H2,1-3H3/b24-21-,25-22-,32-31-,35-34-,45-30-. The molecule has 80 heavy (non-hydrogen) atoms. The molecule has 6 heteroatoms. The van der Waals surface area contributed by atoms with Crippen molar-refractivity contribution in [3.63, 3.8) is 0 Å². The second-order valence-corrected chi connectivity index (χ2v) is 23.8. The Bertz CT molecular complexity index is 1430. The van der Waals surface area contributed by atoms with Crippen molar-refractivity contribution in [1.82, 2.24) is 0 Å². The summed E-state index contributed by atoms with van der Waals surface area (Å²) in [4.78, 5) is 38.4. The third-order valence-corrected chi connectivity index (χ3v) is 15.7. The summed E-state index contributed by atoms with van der Waals surface area (Å²) in [6.07, 6.45) is 88.1. The number of ether oxygens (including phenoxy) is 3. The maximum Gasteiger partial charge on any atom is 0.306 e. The van der Waals surface area contributed by atoms with Crippen molar-refractivity contribution in [2.45, 2.75) is 380 Å². The lowest BCUT2D eigenvalue weighted by Gasteiger charge is -2.18. The van der Waals surface area contributed by atoms with Crippen LogP contribution in [0, 0.1) is 0 Å². The highest BCUT2D eigenvalue weighted by molar-refractivity contribution is 5.71. The van der Waals surface area contributed by atoms with E-state index in [9.17, 15) is 14.4 Å². The highest BCUT2D eigenvalue weighted by Crippen LogP contribution is 2.18. The molecule has 0 aliphatic heterocycles. The van der Waals surface area contributed by atoms with Crippen LogP contribution in [0.5, 0.6) is 0 Å². The van der Waals surface area contributed by atoms with Crippen molar-refractivity contribution in [2.24, 2.45) is 0 Å². The SMILES string of the molecule is CCCCCC/C=C\C/C=C\CCCCCCCC(=O)OCC(COC(=O)CCCCCCCCCCCCCCCC/C=C\C/C=C\C/C=C\CCCCCCC)OC(=O)CCCCCCCCCCCCCCCCCCC. The molecule has 1 atom stereocenters. The Morgan fingerprint density at radius 1 is 0.250 bits per heavy atom. The van der Waals surface area contributed by atoms with E-state index in [1.54, 1.807) is 0 Å². The number of unbranched alkanes of at least 4 members (excludes halogenated alkanes) is 44. The summed E-state index contributed by atoms with van der Waals surface area (Å²) >= 11 is 0. The maximum atomic E-state index is 12.9. The normalized spacial score (nSPS) is 12.4. The van der Waals surface area contributed by atoms with Crippen molar-refractivity contribution in [2.75, 3.05) is 13.2 Å². The van der Waals surface area contributed by atoms with Crippen LogP contribution in [-0.4, -0.2) is 37.2 Å². The topological polar surface area (TPSA) is 78.9 Å². The minimum absolute atomic E-state index is 0.0748. The molecule has 6 nitrogen and oxygen atoms in total. The van der Waals surface area contributed by atoms with Crippen LogP contribution in [0.2, 0.25) is 0 Å². The van der Waals surface area contributed by atoms with Gasteiger partial charge in [0.2, 0.25) is 0 Å². The van der Waals surface area contributed by atoms with E-state index in [4.69, 9.17) is 14.2 Å². The Balaban J connectivity index is 4.26. The molecule has 0 N–H and O–H groups in total. The molecule has 0 aliphatic carbocycles. The Morgan fingerprint density at radius 3 is 0.713 bits per heavy atom. The Hall–Kier alpha value is -2.89. The number of hydrogen-bond acceptors (Lipinski definition) is 6. The van der Waals surface area contributed by atoms with Crippen molar-refractivity contribution in [3.8, 4) is 0 Å². The molecule has 0 aromatic heterocycles. The number of carbonyl (C=O) groups is 3. The quantitative estimate of drug-likeness (QED) is 0.0261. The molecular formula is C74H134O6. The maximum absolute atomic E-state index is 12.9. The fourth-order valence-corrected chi connectivity index (χ4v) is 10.4. The molecule has 0 aromatic carbocycles. The van der Waals surface area contributed by atoms with Gasteiger partial charge in [-0.3, -0.25) is 14.4 Å². The summed E-state index contributed by atoms with van der Waals surface area (Å²) in [5.41, 5.74) is 0. The van der Waals surface area contributed by atoms with E-state index >= 15 is 0 Å². The summed E-state index contributed by atoms with van der Waals surface area (Å²) in [6, 6.07) is 0. The molecule has 0 saturated heterocycles. The smallest absolute Gasteiger partial charge is 0.306 e. The Labute approximate surface area is 498 Å². The highest BCUT2D eigenvalue weighted by atomic mass is 16.6. The zero-order valence-corrected chi connectivity index (χ0v) is 53.6. The van der Waals surface area contributed by atoms with Crippen molar-refractivity contribution < 1.29 is 28.6 Å². The zero-order chi connectivity index (χ0) is 57.8. The van der Waals surface area contributed by atoms with E-state index in [0.717, 1.165) is 89.9 Å². The van der Waals surface area contributed by atoms with Gasteiger partial charge in [0, 0.05) is 19.3 Å². The molecule has 0 rings (SSSR count). The van der Waals surface area contributed by atoms with Crippen LogP contribution in [0.1, 0.15) is 374 Å². The average molecular weight is 1120 g/mol. The van der Waals surface area contributed by atoms with E-state index in [1.165, 1.54) is 244 Å². The van der Waals surface area contributed by atoms with Gasteiger partial charge in [-0.05, 0) is 89.9 Å². The van der Waals surface area contributed by atoms with Crippen LogP contribution in [0.4, 0.5) is 0 Å². The number of esters is 3. The van der Waals surface area contributed by atoms with Gasteiger partial charge in [-0.2, -0.15) is 0 Å². The molecule has 0 saturated carbocycles. The second-order valence-electron chi connectivity index (χ2n) is 23.8. The summed E-state index contributed by atoms with van der Waals surface area (Å²) in [6.45, 7) is 6.66. The fourth-order valence-electron chi connectivity index (χ4n) is 10.4. The largest absolute Gasteiger partial charge is 0.462 e. The first-order valence-corrected chi connectivity index (χ1v) is 35.3. The van der Waals surface area contributed by atoms with E-state index in [1.807, 2.05) is 0 Å². The molecule has 0 bridgehead atoms. The van der Waals surface area contributed by atoms with Crippen LogP contribution in [0.15, 0.2) is 60.8 Å². The third-order valence-electron chi connectivity index (χ3n) is 15.7. The van der Waals surface area contributed by atoms with Gasteiger partial charge >= 0.3 is 17.9 Å². The first-order valence-electron chi connectivity index (χ1n) is 35.3. The highest BCUT2D eigenvalue weighted by Gasteiger charge is 2.19. The Morgan fingerprint density at radius 2 is 0.450 bits per heavy atom. The lowest BCUT2D eigenvalue weighted by atomic mass is 10.0. The van der Waals surface area contributed by atoms with Gasteiger partial charge in [0.05, 0.1) is 0 Å². The van der Waals surface area contributed by atoms with Gasteiger partial charge in [-0.1, -0.05) is 326 Å². The van der Waals surface area contributed by atoms with Gasteiger partial charge in [0.15, 0.2) is 6.10 Å². The van der Waals surface area contributed by atoms with E-state index in [2.05, 4.69) is 81.5 Å². The predicted molar refractivity (Wildman–Crippen MR) is 348 cm³/mol. The first kappa shape index (κ1) is 77.1. The van der Waals surface area contributed by atoms with Gasteiger partial charge in [0.25, 0.3) is 0 Å². The van der Waals surface area contributed by atoms with Gasteiger partial charge < -0.3 is 14.2 Å². The molecule has 0 aliphatic rings. The molecule has 466 valence electrons. The Kier molecular flexibility index (Phi) is 66.1. The van der Waals surface area contributed by atoms with E-state index in [-0.39, 0.29) is 31.1 Å². The predicted octanol–water partition coefficient (Wildman–Crippen LogP) is 24.3. The van der Waals surface area contributed by atoms with Crippen LogP contribution in [0.25, 0.3) is 0 Å². The van der Waals surface area contributed by atoms with E-state index in [0.29, 0.717) is 19.3 Å². The fraction of sp³-hybridized carbons (Fsp3) is 0.824. The van der Waals surface area contributed by atoms with Crippen LogP contribution in [-0.2, 0) is 28.6 Å². The summed E-state index contributed by atoms with van der Waals surface area (Å²) < 4.78 is 17.0. The number of rotatable bonds is 65. The van der Waals surface area contributed by atoms with Crippen LogP contribution in [0.3, 0.4) is 0 Å². The molecule has 0 heterocycles. The van der Waals surface area contributed by atoms with Crippen molar-refractivity contribution in [1.29, 1.82) is 0 Å². The molecule has 1 unspecified atom stereocenters. The van der Waals surface area contributed by atoms with Crippen molar-refractivity contribution >= 4 is 17.9 Å². The number of allylic oxidation sites excluding steroid dienone is 10. The van der Waals surface area contributed by atoms with E-state index < -0.39 is 6.10 Å².